The second-order valence-electron chi connectivity index (χ2n) is 11.4. The van der Waals surface area contributed by atoms with Gasteiger partial charge in [0.25, 0.3) is 0 Å². The van der Waals surface area contributed by atoms with Crippen LogP contribution in [0.4, 0.5) is 11.4 Å². The van der Waals surface area contributed by atoms with E-state index in [0.29, 0.717) is 11.6 Å². The lowest BCUT2D eigenvalue weighted by atomic mass is 9.69. The summed E-state index contributed by atoms with van der Waals surface area (Å²) in [6, 6.07) is 10.6. The molecule has 3 N–H and O–H groups in total. The van der Waals surface area contributed by atoms with Crippen LogP contribution in [-0.4, -0.2) is 42.9 Å². The molecular weight excluding hydrogens is 488 g/mol. The lowest BCUT2D eigenvalue weighted by Gasteiger charge is -2.34. The van der Waals surface area contributed by atoms with E-state index in [4.69, 9.17) is 20.2 Å². The first-order valence-electron chi connectivity index (χ1n) is 14.0. The van der Waals surface area contributed by atoms with Crippen molar-refractivity contribution in [2.24, 2.45) is 11.3 Å². The maximum atomic E-state index is 13.1. The van der Waals surface area contributed by atoms with E-state index in [1.807, 2.05) is 40.1 Å². The third-order valence-electron chi connectivity index (χ3n) is 8.46. The quantitative estimate of drug-likeness (QED) is 0.265. The second-order valence-corrected chi connectivity index (χ2v) is 11.4. The maximum Gasteiger partial charge on any atom is 0.312 e. The number of esters is 1. The number of nitrogens with zero attached hydrogens (tertiary/aromatic N) is 2. The molecular formula is C32H44N4O3. The molecule has 1 fully saturated rings. The molecule has 4 rings (SSSR count). The Labute approximate surface area is 233 Å². The van der Waals surface area contributed by atoms with Gasteiger partial charge in [-0.15, -0.1) is 0 Å². The predicted octanol–water partition coefficient (Wildman–Crippen LogP) is 5.86. The summed E-state index contributed by atoms with van der Waals surface area (Å²) in [7, 11) is 3.31. The summed E-state index contributed by atoms with van der Waals surface area (Å²) in [6.45, 7) is 10.5. The molecule has 1 aliphatic heterocycles. The van der Waals surface area contributed by atoms with Crippen molar-refractivity contribution in [2.75, 3.05) is 38.4 Å². The van der Waals surface area contributed by atoms with Gasteiger partial charge in [0.2, 0.25) is 0 Å². The molecule has 2 atom stereocenters. The van der Waals surface area contributed by atoms with Crippen molar-refractivity contribution in [2.45, 2.75) is 65.8 Å². The number of aromatic nitrogens is 2. The van der Waals surface area contributed by atoms with Crippen molar-refractivity contribution in [3.05, 3.63) is 76.4 Å². The van der Waals surface area contributed by atoms with Gasteiger partial charge in [-0.1, -0.05) is 24.3 Å². The van der Waals surface area contributed by atoms with E-state index in [-0.39, 0.29) is 11.9 Å². The number of nitrogens with one attached hydrogen (secondary N) is 1. The number of anilines is 2. The number of methoxy groups -OCH3 is 1. The van der Waals surface area contributed by atoms with Crippen LogP contribution in [0.2, 0.25) is 0 Å². The number of hydrogen-bond donors (Lipinski definition) is 2. The Hall–Kier alpha value is -3.32. The average molecular weight is 533 g/mol. The Morgan fingerprint density at radius 1 is 1.23 bits per heavy atom. The van der Waals surface area contributed by atoms with Gasteiger partial charge in [-0.05, 0) is 86.8 Å². The van der Waals surface area contributed by atoms with Crippen LogP contribution < -0.4 is 11.1 Å². The molecule has 7 nitrogen and oxygen atoms in total. The standard InChI is InChI=1S/C32H44N4O3/c1-21-9-10-24(19-25(21)20-36-15-14-35-28(36)18-23-8-7-16-39-17-13-23)29(32(3,4)31(37)38-6)26-11-12-27(34-5)30(33)22(26)2/h9-12,14-15,19,23,29,34H,7-8,13,16-18,20,33H2,1-6H3. The minimum absolute atomic E-state index is 0.245. The van der Waals surface area contributed by atoms with Crippen LogP contribution in [0.15, 0.2) is 42.7 Å². The number of nitrogens with two attached hydrogens (primary N) is 1. The van der Waals surface area contributed by atoms with Crippen molar-refractivity contribution in [3.63, 3.8) is 0 Å². The SMILES string of the molecule is CNc1ccc(C(c2ccc(C)c(Cn3ccnc3CC3CCCOCC3)c2)C(C)(C)C(=O)OC)c(C)c1N. The predicted molar refractivity (Wildman–Crippen MR) is 157 cm³/mol. The number of aryl methyl sites for hydroxylation is 1. The molecule has 0 saturated carbocycles. The van der Waals surface area contributed by atoms with Crippen LogP contribution >= 0.6 is 0 Å². The molecule has 0 aliphatic carbocycles. The molecule has 0 radical (unpaired) electrons. The van der Waals surface area contributed by atoms with E-state index >= 15 is 0 Å². The Kier molecular flexibility index (Phi) is 9.01. The number of benzene rings is 2. The molecule has 1 saturated heterocycles. The average Bonchev–Trinajstić information content (AvgIpc) is 3.18. The van der Waals surface area contributed by atoms with E-state index in [9.17, 15) is 4.79 Å². The number of imidazole rings is 1. The monoisotopic (exact) mass is 532 g/mol. The number of rotatable bonds is 9. The van der Waals surface area contributed by atoms with Gasteiger partial charge in [-0.25, -0.2) is 4.98 Å². The summed E-state index contributed by atoms with van der Waals surface area (Å²) < 4.78 is 13.2. The molecule has 0 amide bonds. The third-order valence-corrected chi connectivity index (χ3v) is 8.46. The van der Waals surface area contributed by atoms with Crippen molar-refractivity contribution >= 4 is 17.3 Å². The Balaban J connectivity index is 1.72. The zero-order valence-corrected chi connectivity index (χ0v) is 24.3. The van der Waals surface area contributed by atoms with Gasteiger partial charge in [-0.3, -0.25) is 4.79 Å². The molecule has 39 heavy (non-hydrogen) atoms. The van der Waals surface area contributed by atoms with E-state index in [1.54, 1.807) is 0 Å². The van der Waals surface area contributed by atoms with Crippen LogP contribution in [0.5, 0.6) is 0 Å². The summed E-state index contributed by atoms with van der Waals surface area (Å²) in [5.74, 6) is 1.21. The minimum Gasteiger partial charge on any atom is -0.469 e. The molecule has 210 valence electrons. The summed E-state index contributed by atoms with van der Waals surface area (Å²) >= 11 is 0. The van der Waals surface area contributed by atoms with Crippen LogP contribution in [0.3, 0.4) is 0 Å². The fourth-order valence-electron chi connectivity index (χ4n) is 5.97. The lowest BCUT2D eigenvalue weighted by Crippen LogP contribution is -2.34. The summed E-state index contributed by atoms with van der Waals surface area (Å²) in [5, 5.41) is 3.16. The zero-order chi connectivity index (χ0) is 28.2. The minimum atomic E-state index is -0.818. The van der Waals surface area contributed by atoms with Gasteiger partial charge in [0.15, 0.2) is 0 Å². The Morgan fingerprint density at radius 3 is 2.77 bits per heavy atom. The molecule has 7 heteroatoms. The Bertz CT molecular complexity index is 1290. The van der Waals surface area contributed by atoms with Crippen LogP contribution in [-0.2, 0) is 27.2 Å². The smallest absolute Gasteiger partial charge is 0.312 e. The van der Waals surface area contributed by atoms with Gasteiger partial charge in [0.1, 0.15) is 5.82 Å². The maximum absolute atomic E-state index is 13.1. The second kappa shape index (κ2) is 12.2. The summed E-state index contributed by atoms with van der Waals surface area (Å²) in [5.41, 5.74) is 12.7. The summed E-state index contributed by atoms with van der Waals surface area (Å²) in [6.07, 6.45) is 8.32. The van der Waals surface area contributed by atoms with E-state index in [2.05, 4.69) is 47.3 Å². The molecule has 2 aromatic carbocycles. The fraction of sp³-hybridized carbons (Fsp3) is 0.500. The number of nitrogen functional groups attached to an aromatic ring is 1. The first kappa shape index (κ1) is 28.7. The molecule has 1 aromatic heterocycles. The van der Waals surface area contributed by atoms with Gasteiger partial charge in [0, 0.05) is 51.5 Å². The van der Waals surface area contributed by atoms with E-state index < -0.39 is 5.41 Å². The largest absolute Gasteiger partial charge is 0.469 e. The van der Waals surface area contributed by atoms with Crippen LogP contribution in [0, 0.1) is 25.2 Å². The van der Waals surface area contributed by atoms with Crippen LogP contribution in [0.1, 0.15) is 72.7 Å². The number of hydrogen-bond acceptors (Lipinski definition) is 6. The van der Waals surface area contributed by atoms with E-state index in [1.165, 1.54) is 24.7 Å². The van der Waals surface area contributed by atoms with Crippen molar-refractivity contribution in [1.82, 2.24) is 9.55 Å². The summed E-state index contributed by atoms with van der Waals surface area (Å²) in [4.78, 5) is 17.8. The molecule has 0 bridgehead atoms. The van der Waals surface area contributed by atoms with Crippen molar-refractivity contribution < 1.29 is 14.3 Å². The van der Waals surface area contributed by atoms with Gasteiger partial charge < -0.3 is 25.1 Å². The third kappa shape index (κ3) is 6.14. The van der Waals surface area contributed by atoms with Gasteiger partial charge >= 0.3 is 5.97 Å². The Morgan fingerprint density at radius 2 is 2.03 bits per heavy atom. The molecule has 2 heterocycles. The van der Waals surface area contributed by atoms with Crippen molar-refractivity contribution in [1.29, 1.82) is 0 Å². The highest BCUT2D eigenvalue weighted by atomic mass is 16.5. The van der Waals surface area contributed by atoms with Crippen LogP contribution in [0.25, 0.3) is 0 Å². The highest BCUT2D eigenvalue weighted by Gasteiger charge is 2.41. The molecule has 0 spiro atoms. The normalized spacial score (nSPS) is 16.9. The number of carbonyl (C=O) groups excluding carboxylic acids is 1. The fourth-order valence-corrected chi connectivity index (χ4v) is 5.97. The first-order valence-corrected chi connectivity index (χ1v) is 14.0. The highest BCUT2D eigenvalue weighted by molar-refractivity contribution is 5.79. The molecule has 3 aromatic rings. The van der Waals surface area contributed by atoms with Crippen molar-refractivity contribution in [3.8, 4) is 0 Å². The number of ether oxygens (including phenoxy) is 2. The number of carbonyl (C=O) groups is 1. The molecule has 2 unspecified atom stereocenters. The van der Waals surface area contributed by atoms with Gasteiger partial charge in [0.05, 0.1) is 23.9 Å². The van der Waals surface area contributed by atoms with E-state index in [0.717, 1.165) is 67.2 Å². The first-order chi connectivity index (χ1) is 18.7. The zero-order valence-electron chi connectivity index (χ0n) is 24.3. The lowest BCUT2D eigenvalue weighted by molar-refractivity contribution is -0.151. The highest BCUT2D eigenvalue weighted by Crippen LogP contribution is 2.45. The molecule has 1 aliphatic rings. The topological polar surface area (TPSA) is 91.4 Å². The van der Waals surface area contributed by atoms with Gasteiger partial charge in [-0.2, -0.15) is 0 Å².